The first-order chi connectivity index (χ1) is 9.43. The van der Waals surface area contributed by atoms with Gasteiger partial charge < -0.3 is 4.74 Å². The standard InChI is InChI=1S/C15H16F2O3/c1-3-6-20-14(19)15(13(16)17)8-10-5-4-9(2)7-11(10)12(15)18/h4-5,7,13H,3,6,8H2,1-2H3. The second-order valence-corrected chi connectivity index (χ2v) is 5.07. The molecule has 0 radical (unpaired) electrons. The molecule has 0 fully saturated rings. The van der Waals surface area contributed by atoms with Gasteiger partial charge in [0.25, 0.3) is 6.43 Å². The zero-order valence-corrected chi connectivity index (χ0v) is 11.4. The number of carbonyl (C=O) groups excluding carboxylic acids is 2. The molecule has 0 bridgehead atoms. The van der Waals surface area contributed by atoms with Crippen molar-refractivity contribution in [2.24, 2.45) is 5.41 Å². The first-order valence-corrected chi connectivity index (χ1v) is 6.53. The van der Waals surface area contributed by atoms with Crippen molar-refractivity contribution < 1.29 is 23.1 Å². The predicted molar refractivity (Wildman–Crippen MR) is 68.9 cm³/mol. The fourth-order valence-corrected chi connectivity index (χ4v) is 2.43. The molecule has 20 heavy (non-hydrogen) atoms. The Balaban J connectivity index is 2.42. The van der Waals surface area contributed by atoms with Gasteiger partial charge in [-0.3, -0.25) is 9.59 Å². The van der Waals surface area contributed by atoms with Gasteiger partial charge in [-0.1, -0.05) is 24.6 Å². The van der Waals surface area contributed by atoms with Crippen molar-refractivity contribution in [3.05, 3.63) is 34.9 Å². The lowest BCUT2D eigenvalue weighted by Gasteiger charge is -2.23. The second kappa shape index (κ2) is 5.31. The molecule has 3 nitrogen and oxygen atoms in total. The van der Waals surface area contributed by atoms with Crippen LogP contribution in [-0.2, 0) is 16.0 Å². The van der Waals surface area contributed by atoms with Gasteiger partial charge in [0.1, 0.15) is 0 Å². The van der Waals surface area contributed by atoms with Crippen LogP contribution in [0.3, 0.4) is 0 Å². The molecule has 5 heteroatoms. The molecule has 0 saturated carbocycles. The van der Waals surface area contributed by atoms with E-state index in [4.69, 9.17) is 4.74 Å². The Hall–Kier alpha value is -1.78. The first kappa shape index (κ1) is 14.6. The number of hydrogen-bond donors (Lipinski definition) is 0. The summed E-state index contributed by atoms with van der Waals surface area (Å²) in [7, 11) is 0. The van der Waals surface area contributed by atoms with Crippen LogP contribution < -0.4 is 0 Å². The molecule has 1 aromatic rings. The SMILES string of the molecule is CCCOC(=O)C1(C(F)F)Cc2ccc(C)cc2C1=O. The number of hydrogen-bond acceptors (Lipinski definition) is 3. The lowest BCUT2D eigenvalue weighted by molar-refractivity contribution is -0.160. The molecule has 0 amide bonds. The number of benzene rings is 1. The minimum atomic E-state index is -3.08. The predicted octanol–water partition coefficient (Wildman–Crippen LogP) is 2.94. The minimum absolute atomic E-state index is 0.0377. The number of halogens is 2. The van der Waals surface area contributed by atoms with Crippen LogP contribution in [0.4, 0.5) is 8.78 Å². The molecule has 0 aromatic heterocycles. The van der Waals surface area contributed by atoms with Gasteiger partial charge in [0.2, 0.25) is 0 Å². The fraction of sp³-hybridized carbons (Fsp3) is 0.467. The van der Waals surface area contributed by atoms with Crippen molar-refractivity contribution in [3.8, 4) is 0 Å². The lowest BCUT2D eigenvalue weighted by Crippen LogP contribution is -2.45. The van der Waals surface area contributed by atoms with E-state index in [-0.39, 0.29) is 18.6 Å². The number of carbonyl (C=O) groups is 2. The Morgan fingerprint density at radius 2 is 2.15 bits per heavy atom. The molecule has 0 heterocycles. The van der Waals surface area contributed by atoms with Crippen molar-refractivity contribution in [1.82, 2.24) is 0 Å². The summed E-state index contributed by atoms with van der Waals surface area (Å²) >= 11 is 0. The number of rotatable bonds is 4. The van der Waals surface area contributed by atoms with Crippen LogP contribution in [0, 0.1) is 12.3 Å². The van der Waals surface area contributed by atoms with Gasteiger partial charge in [0.05, 0.1) is 6.61 Å². The van der Waals surface area contributed by atoms with Gasteiger partial charge in [-0.25, -0.2) is 8.78 Å². The van der Waals surface area contributed by atoms with E-state index < -0.39 is 23.6 Å². The molecule has 1 aliphatic carbocycles. The summed E-state index contributed by atoms with van der Waals surface area (Å²) in [5.41, 5.74) is -0.886. The maximum absolute atomic E-state index is 13.5. The van der Waals surface area contributed by atoms with E-state index >= 15 is 0 Å². The molecule has 0 saturated heterocycles. The molecule has 2 rings (SSSR count). The maximum Gasteiger partial charge on any atom is 0.326 e. The highest BCUT2D eigenvalue weighted by Gasteiger charge is 2.59. The molecule has 0 spiro atoms. The van der Waals surface area contributed by atoms with Crippen LogP contribution in [-0.4, -0.2) is 24.8 Å². The van der Waals surface area contributed by atoms with Gasteiger partial charge in [0, 0.05) is 12.0 Å². The smallest absolute Gasteiger partial charge is 0.326 e. The summed E-state index contributed by atoms with van der Waals surface area (Å²) in [5.74, 6) is -1.94. The van der Waals surface area contributed by atoms with Crippen molar-refractivity contribution in [2.75, 3.05) is 6.61 Å². The highest BCUT2D eigenvalue weighted by Crippen LogP contribution is 2.43. The third kappa shape index (κ3) is 2.11. The average Bonchev–Trinajstić information content (AvgIpc) is 2.70. The molecular weight excluding hydrogens is 266 g/mol. The van der Waals surface area contributed by atoms with E-state index in [0.29, 0.717) is 12.0 Å². The number of ether oxygens (including phenoxy) is 1. The zero-order chi connectivity index (χ0) is 14.9. The number of ketones is 1. The van der Waals surface area contributed by atoms with Crippen LogP contribution in [0.25, 0.3) is 0 Å². The monoisotopic (exact) mass is 282 g/mol. The summed E-state index contributed by atoms with van der Waals surface area (Å²) in [4.78, 5) is 24.3. The van der Waals surface area contributed by atoms with Crippen molar-refractivity contribution in [3.63, 3.8) is 0 Å². The third-order valence-electron chi connectivity index (χ3n) is 3.56. The molecular formula is C15H16F2O3. The number of esters is 1. The Morgan fingerprint density at radius 1 is 1.45 bits per heavy atom. The normalized spacial score (nSPS) is 21.1. The van der Waals surface area contributed by atoms with E-state index in [9.17, 15) is 18.4 Å². The van der Waals surface area contributed by atoms with E-state index in [1.807, 2.05) is 0 Å². The Bertz CT molecular complexity index is 554. The van der Waals surface area contributed by atoms with Gasteiger partial charge >= 0.3 is 5.97 Å². The van der Waals surface area contributed by atoms with Crippen molar-refractivity contribution in [2.45, 2.75) is 33.1 Å². The number of Topliss-reactive ketones (excluding diaryl/α,β-unsaturated/α-hetero) is 1. The van der Waals surface area contributed by atoms with E-state index in [1.165, 1.54) is 0 Å². The summed E-state index contributed by atoms with van der Waals surface area (Å²) < 4.78 is 31.8. The number of aryl methyl sites for hydroxylation is 1. The first-order valence-electron chi connectivity index (χ1n) is 6.53. The van der Waals surface area contributed by atoms with E-state index in [2.05, 4.69) is 0 Å². The van der Waals surface area contributed by atoms with Crippen molar-refractivity contribution in [1.29, 1.82) is 0 Å². The second-order valence-electron chi connectivity index (χ2n) is 5.07. The van der Waals surface area contributed by atoms with Gasteiger partial charge in [0.15, 0.2) is 11.2 Å². The van der Waals surface area contributed by atoms with Crippen LogP contribution in [0.5, 0.6) is 0 Å². The number of fused-ring (bicyclic) bond motifs is 1. The molecule has 0 N–H and O–H groups in total. The molecule has 1 unspecified atom stereocenters. The van der Waals surface area contributed by atoms with Crippen LogP contribution >= 0.6 is 0 Å². The van der Waals surface area contributed by atoms with Gasteiger partial charge in [-0.15, -0.1) is 0 Å². The zero-order valence-electron chi connectivity index (χ0n) is 11.4. The lowest BCUT2D eigenvalue weighted by atomic mass is 9.84. The molecule has 1 aromatic carbocycles. The molecule has 1 aliphatic rings. The molecule has 108 valence electrons. The minimum Gasteiger partial charge on any atom is -0.465 e. The topological polar surface area (TPSA) is 43.4 Å². The summed E-state index contributed by atoms with van der Waals surface area (Å²) in [6.45, 7) is 3.57. The van der Waals surface area contributed by atoms with Crippen molar-refractivity contribution >= 4 is 11.8 Å². The quantitative estimate of drug-likeness (QED) is 0.630. The maximum atomic E-state index is 13.5. The van der Waals surface area contributed by atoms with Crippen LogP contribution in [0.1, 0.15) is 34.8 Å². The van der Waals surface area contributed by atoms with Gasteiger partial charge in [-0.2, -0.15) is 0 Å². The van der Waals surface area contributed by atoms with E-state index in [1.54, 1.807) is 32.0 Å². The van der Waals surface area contributed by atoms with E-state index in [0.717, 1.165) is 5.56 Å². The summed E-state index contributed by atoms with van der Waals surface area (Å²) in [6.07, 6.45) is -2.85. The number of alkyl halides is 2. The molecule has 0 aliphatic heterocycles. The highest BCUT2D eigenvalue weighted by molar-refractivity contribution is 6.16. The highest BCUT2D eigenvalue weighted by atomic mass is 19.3. The largest absolute Gasteiger partial charge is 0.465 e. The average molecular weight is 282 g/mol. The Labute approximate surface area is 115 Å². The summed E-state index contributed by atoms with van der Waals surface area (Å²) in [5, 5.41) is 0. The van der Waals surface area contributed by atoms with Crippen LogP contribution in [0.15, 0.2) is 18.2 Å². The van der Waals surface area contributed by atoms with Gasteiger partial charge in [-0.05, 0) is 25.0 Å². The Kier molecular flexibility index (Phi) is 3.88. The summed E-state index contributed by atoms with van der Waals surface area (Å²) in [6, 6.07) is 4.92. The van der Waals surface area contributed by atoms with Crippen LogP contribution in [0.2, 0.25) is 0 Å². The molecule has 1 atom stereocenters. The fourth-order valence-electron chi connectivity index (χ4n) is 2.43. The Morgan fingerprint density at radius 3 is 2.75 bits per heavy atom. The third-order valence-corrected chi connectivity index (χ3v) is 3.56.